The van der Waals surface area contributed by atoms with Crippen molar-refractivity contribution in [2.45, 2.75) is 33.4 Å². The van der Waals surface area contributed by atoms with Crippen LogP contribution >= 0.6 is 0 Å². The molecule has 0 saturated carbocycles. The van der Waals surface area contributed by atoms with Gasteiger partial charge in [-0.25, -0.2) is 0 Å². The first-order chi connectivity index (χ1) is 10.3. The second-order valence-electron chi connectivity index (χ2n) is 5.57. The summed E-state index contributed by atoms with van der Waals surface area (Å²) in [6.45, 7) is 5.96. The minimum atomic E-state index is -0.603. The van der Waals surface area contributed by atoms with Crippen LogP contribution in [0.4, 0.5) is 0 Å². The molecule has 0 fully saturated rings. The van der Waals surface area contributed by atoms with E-state index in [-0.39, 0.29) is 24.3 Å². The van der Waals surface area contributed by atoms with Gasteiger partial charge in [-0.1, -0.05) is 26.0 Å². The molecule has 2 amide bonds. The zero-order valence-corrected chi connectivity index (χ0v) is 13.6. The molecule has 0 radical (unpaired) electrons. The molecular formula is C16H25N3O3. The van der Waals surface area contributed by atoms with Gasteiger partial charge in [0.15, 0.2) is 0 Å². The summed E-state index contributed by atoms with van der Waals surface area (Å²) >= 11 is 0. The number of methoxy groups -OCH3 is 1. The van der Waals surface area contributed by atoms with Gasteiger partial charge in [-0.15, -0.1) is 0 Å². The van der Waals surface area contributed by atoms with E-state index in [9.17, 15) is 9.59 Å². The maximum absolute atomic E-state index is 11.7. The Labute approximate surface area is 131 Å². The van der Waals surface area contributed by atoms with Crippen LogP contribution in [0.15, 0.2) is 18.2 Å². The zero-order valence-electron chi connectivity index (χ0n) is 13.6. The number of carbonyl (C=O) groups is 2. The molecule has 0 unspecified atom stereocenters. The minimum absolute atomic E-state index is 0.0306. The van der Waals surface area contributed by atoms with Crippen molar-refractivity contribution < 1.29 is 14.3 Å². The lowest BCUT2D eigenvalue weighted by atomic mass is 10.1. The Morgan fingerprint density at radius 1 is 1.27 bits per heavy atom. The molecule has 6 nitrogen and oxygen atoms in total. The summed E-state index contributed by atoms with van der Waals surface area (Å²) in [7, 11) is 1.61. The van der Waals surface area contributed by atoms with Crippen molar-refractivity contribution in [2.75, 3.05) is 13.7 Å². The predicted octanol–water partition coefficient (Wildman–Crippen LogP) is 0.719. The quantitative estimate of drug-likeness (QED) is 0.692. The first-order valence-corrected chi connectivity index (χ1v) is 7.28. The topological polar surface area (TPSA) is 93.5 Å². The highest BCUT2D eigenvalue weighted by atomic mass is 16.5. The summed E-state index contributed by atoms with van der Waals surface area (Å²) < 4.78 is 5.24. The molecule has 0 aliphatic rings. The molecule has 22 heavy (non-hydrogen) atoms. The molecule has 1 atom stereocenters. The number of rotatable bonds is 7. The van der Waals surface area contributed by atoms with Crippen LogP contribution in [0.1, 0.15) is 25.0 Å². The van der Waals surface area contributed by atoms with Crippen LogP contribution < -0.4 is 21.1 Å². The molecule has 1 aromatic carbocycles. The van der Waals surface area contributed by atoms with Crippen molar-refractivity contribution in [2.24, 2.45) is 11.7 Å². The highest BCUT2D eigenvalue weighted by Gasteiger charge is 2.17. The van der Waals surface area contributed by atoms with E-state index in [1.165, 1.54) is 0 Å². The normalized spacial score (nSPS) is 11.9. The maximum atomic E-state index is 11.7. The first kappa shape index (κ1) is 18.0. The van der Waals surface area contributed by atoms with Crippen LogP contribution in [0.25, 0.3) is 0 Å². The molecule has 0 aliphatic heterocycles. The first-order valence-electron chi connectivity index (χ1n) is 7.28. The SMILES string of the molecule is COc1cc(CNC(=O)CNC(=O)[C@@H](N)C(C)C)ccc1C. The Hall–Kier alpha value is -2.08. The summed E-state index contributed by atoms with van der Waals surface area (Å²) in [6, 6.07) is 5.13. The third-order valence-corrected chi connectivity index (χ3v) is 3.41. The number of aryl methyl sites for hydroxylation is 1. The zero-order chi connectivity index (χ0) is 16.7. The highest BCUT2D eigenvalue weighted by Crippen LogP contribution is 2.18. The van der Waals surface area contributed by atoms with Crippen LogP contribution in [0, 0.1) is 12.8 Å². The second-order valence-corrected chi connectivity index (χ2v) is 5.57. The van der Waals surface area contributed by atoms with Gasteiger partial charge in [-0.3, -0.25) is 9.59 Å². The molecule has 0 aliphatic carbocycles. The number of hydrogen-bond acceptors (Lipinski definition) is 4. The van der Waals surface area contributed by atoms with Crippen molar-refractivity contribution in [1.82, 2.24) is 10.6 Å². The molecule has 0 heterocycles. The molecule has 4 N–H and O–H groups in total. The van der Waals surface area contributed by atoms with Crippen molar-refractivity contribution in [1.29, 1.82) is 0 Å². The Balaban J connectivity index is 2.42. The van der Waals surface area contributed by atoms with Crippen LogP contribution in [0.3, 0.4) is 0 Å². The second kappa shape index (κ2) is 8.38. The third-order valence-electron chi connectivity index (χ3n) is 3.41. The Morgan fingerprint density at radius 3 is 2.55 bits per heavy atom. The van der Waals surface area contributed by atoms with Crippen molar-refractivity contribution in [3.63, 3.8) is 0 Å². The number of hydrogen-bond donors (Lipinski definition) is 3. The molecule has 1 rings (SSSR count). The van der Waals surface area contributed by atoms with Gasteiger partial charge in [-0.05, 0) is 30.0 Å². The monoisotopic (exact) mass is 307 g/mol. The number of ether oxygens (including phenoxy) is 1. The van der Waals surface area contributed by atoms with Crippen molar-refractivity contribution in [3.05, 3.63) is 29.3 Å². The fourth-order valence-electron chi connectivity index (χ4n) is 1.83. The predicted molar refractivity (Wildman–Crippen MR) is 85.4 cm³/mol. The molecule has 0 aromatic heterocycles. The summed E-state index contributed by atoms with van der Waals surface area (Å²) in [5.41, 5.74) is 7.67. The number of nitrogens with two attached hydrogens (primary N) is 1. The number of amides is 2. The van der Waals surface area contributed by atoms with Crippen LogP contribution in [-0.4, -0.2) is 31.5 Å². The largest absolute Gasteiger partial charge is 0.496 e. The fraction of sp³-hybridized carbons (Fsp3) is 0.500. The maximum Gasteiger partial charge on any atom is 0.239 e. The lowest BCUT2D eigenvalue weighted by molar-refractivity contribution is -0.127. The molecule has 122 valence electrons. The summed E-state index contributed by atoms with van der Waals surface area (Å²) in [5, 5.41) is 5.27. The summed E-state index contributed by atoms with van der Waals surface area (Å²) in [4.78, 5) is 23.4. The fourth-order valence-corrected chi connectivity index (χ4v) is 1.83. The molecule has 6 heteroatoms. The molecule has 0 saturated heterocycles. The van der Waals surface area contributed by atoms with Gasteiger partial charge in [0.1, 0.15) is 5.75 Å². The average Bonchev–Trinajstić information content (AvgIpc) is 2.50. The van der Waals surface area contributed by atoms with E-state index in [0.29, 0.717) is 6.54 Å². The third kappa shape index (κ3) is 5.37. The van der Waals surface area contributed by atoms with E-state index in [2.05, 4.69) is 10.6 Å². The standard InChI is InChI=1S/C16H25N3O3/c1-10(2)15(17)16(21)19-9-14(20)18-8-12-6-5-11(3)13(7-12)22-4/h5-7,10,15H,8-9,17H2,1-4H3,(H,18,20)(H,19,21)/t15-/m0/s1. The van der Waals surface area contributed by atoms with E-state index < -0.39 is 6.04 Å². The van der Waals surface area contributed by atoms with Crippen molar-refractivity contribution >= 4 is 11.8 Å². The Morgan fingerprint density at radius 2 is 1.95 bits per heavy atom. The van der Waals surface area contributed by atoms with E-state index in [4.69, 9.17) is 10.5 Å². The van der Waals surface area contributed by atoms with Crippen LogP contribution in [0.2, 0.25) is 0 Å². The van der Waals surface area contributed by atoms with Gasteiger partial charge >= 0.3 is 0 Å². The number of nitrogens with one attached hydrogen (secondary N) is 2. The average molecular weight is 307 g/mol. The molecule has 1 aromatic rings. The summed E-state index contributed by atoms with van der Waals surface area (Å²) in [6.07, 6.45) is 0. The van der Waals surface area contributed by atoms with Gasteiger partial charge in [-0.2, -0.15) is 0 Å². The summed E-state index contributed by atoms with van der Waals surface area (Å²) in [5.74, 6) is 0.233. The van der Waals surface area contributed by atoms with Gasteiger partial charge < -0.3 is 21.1 Å². The van der Waals surface area contributed by atoms with Gasteiger partial charge in [0, 0.05) is 6.54 Å². The lowest BCUT2D eigenvalue weighted by Crippen LogP contribution is -2.47. The van der Waals surface area contributed by atoms with Crippen LogP contribution in [-0.2, 0) is 16.1 Å². The Kier molecular flexibility index (Phi) is 6.85. The molecule has 0 spiro atoms. The van der Waals surface area contributed by atoms with E-state index >= 15 is 0 Å². The smallest absolute Gasteiger partial charge is 0.239 e. The minimum Gasteiger partial charge on any atom is -0.496 e. The van der Waals surface area contributed by atoms with E-state index in [0.717, 1.165) is 16.9 Å². The van der Waals surface area contributed by atoms with E-state index in [1.807, 2.05) is 39.0 Å². The highest BCUT2D eigenvalue weighted by molar-refractivity contribution is 5.87. The van der Waals surface area contributed by atoms with Crippen molar-refractivity contribution in [3.8, 4) is 5.75 Å². The Bertz CT molecular complexity index is 529. The lowest BCUT2D eigenvalue weighted by Gasteiger charge is -2.15. The molecule has 0 bridgehead atoms. The van der Waals surface area contributed by atoms with Crippen LogP contribution in [0.5, 0.6) is 5.75 Å². The van der Waals surface area contributed by atoms with Gasteiger partial charge in [0.05, 0.1) is 19.7 Å². The molecular weight excluding hydrogens is 282 g/mol. The van der Waals surface area contributed by atoms with Gasteiger partial charge in [0.25, 0.3) is 0 Å². The number of carbonyl (C=O) groups excluding carboxylic acids is 2. The van der Waals surface area contributed by atoms with E-state index in [1.54, 1.807) is 7.11 Å². The van der Waals surface area contributed by atoms with Gasteiger partial charge in [0.2, 0.25) is 11.8 Å². The number of benzene rings is 1.